The number of ether oxygens (including phenoxy) is 1. The molecule has 0 radical (unpaired) electrons. The van der Waals surface area contributed by atoms with Crippen molar-refractivity contribution in [1.82, 2.24) is 14.8 Å². The third-order valence-electron chi connectivity index (χ3n) is 2.40. The highest BCUT2D eigenvalue weighted by Gasteiger charge is 2.17. The minimum atomic E-state index is -0.530. The van der Waals surface area contributed by atoms with E-state index in [1.54, 1.807) is 20.0 Å². The summed E-state index contributed by atoms with van der Waals surface area (Å²) in [5.74, 6) is 0.0863. The molecule has 0 aliphatic carbocycles. The lowest BCUT2D eigenvalue weighted by Gasteiger charge is -2.01. The average Bonchev–Trinajstić information content (AvgIpc) is 2.75. The van der Waals surface area contributed by atoms with E-state index < -0.39 is 5.97 Å². The van der Waals surface area contributed by atoms with Gasteiger partial charge in [0, 0.05) is 17.1 Å². The smallest absolute Gasteiger partial charge is 0.378 e. The van der Waals surface area contributed by atoms with Gasteiger partial charge in [0.15, 0.2) is 5.82 Å². The fourth-order valence-electron chi connectivity index (χ4n) is 1.55. The van der Waals surface area contributed by atoms with Gasteiger partial charge in [0.05, 0.1) is 11.6 Å². The summed E-state index contributed by atoms with van der Waals surface area (Å²) in [5.41, 5.74) is 0.807. The minimum absolute atomic E-state index is 0.0467. The van der Waals surface area contributed by atoms with Crippen molar-refractivity contribution in [3.8, 4) is 11.4 Å². The van der Waals surface area contributed by atoms with E-state index in [1.807, 2.05) is 12.1 Å². The van der Waals surface area contributed by atoms with Gasteiger partial charge in [0.25, 0.3) is 5.82 Å². The fraction of sp³-hybridized carbons (Fsp3) is 0.250. The average molecular weight is 345 g/mol. The molecule has 7 heteroatoms. The first-order valence-corrected chi connectivity index (χ1v) is 6.73. The van der Waals surface area contributed by atoms with Crippen LogP contribution in [0, 0.1) is 0 Å². The number of benzene rings is 1. The molecule has 2 aromatic rings. The van der Waals surface area contributed by atoms with Crippen molar-refractivity contribution >= 4 is 33.5 Å². The molecule has 0 aliphatic rings. The highest BCUT2D eigenvalue weighted by molar-refractivity contribution is 9.10. The molecule has 0 saturated heterocycles. The topological polar surface area (TPSA) is 57.0 Å². The zero-order valence-corrected chi connectivity index (χ0v) is 12.7. The normalized spacial score (nSPS) is 10.5. The van der Waals surface area contributed by atoms with Crippen LogP contribution in [-0.2, 0) is 11.8 Å². The molecule has 0 unspecified atom stereocenters. The number of hydrogen-bond donors (Lipinski definition) is 0. The van der Waals surface area contributed by atoms with Crippen LogP contribution in [0.15, 0.2) is 22.7 Å². The second kappa shape index (κ2) is 5.71. The van der Waals surface area contributed by atoms with Crippen LogP contribution >= 0.6 is 27.5 Å². The molecule has 0 spiro atoms. The van der Waals surface area contributed by atoms with Crippen LogP contribution in [0.5, 0.6) is 0 Å². The molecule has 0 aliphatic heterocycles. The maximum Gasteiger partial charge on any atom is 0.378 e. The molecule has 0 saturated carbocycles. The molecular weight excluding hydrogens is 334 g/mol. The summed E-state index contributed by atoms with van der Waals surface area (Å²) in [7, 11) is 1.72. The van der Waals surface area contributed by atoms with Crippen LogP contribution in [0.4, 0.5) is 0 Å². The quantitative estimate of drug-likeness (QED) is 0.803. The first-order valence-electron chi connectivity index (χ1n) is 5.56. The highest BCUT2D eigenvalue weighted by Crippen LogP contribution is 2.27. The van der Waals surface area contributed by atoms with Gasteiger partial charge < -0.3 is 4.74 Å². The molecule has 1 aromatic heterocycles. The molecule has 2 rings (SSSR count). The van der Waals surface area contributed by atoms with E-state index in [1.165, 1.54) is 4.68 Å². The van der Waals surface area contributed by atoms with Gasteiger partial charge in [0.1, 0.15) is 0 Å². The lowest BCUT2D eigenvalue weighted by molar-refractivity contribution is 0.0512. The molecule has 19 heavy (non-hydrogen) atoms. The molecular formula is C12H11BrClN3O2. The molecule has 0 fully saturated rings. The zero-order valence-electron chi connectivity index (χ0n) is 10.4. The second-order valence-corrected chi connectivity index (χ2v) is 4.99. The van der Waals surface area contributed by atoms with Crippen LogP contribution < -0.4 is 0 Å². The molecule has 5 nitrogen and oxygen atoms in total. The Hall–Kier alpha value is -1.40. The number of esters is 1. The summed E-state index contributed by atoms with van der Waals surface area (Å²) in [4.78, 5) is 15.8. The van der Waals surface area contributed by atoms with Gasteiger partial charge in [-0.15, -0.1) is 5.10 Å². The predicted octanol–water partition coefficient (Wildman–Crippen LogP) is 3.07. The SMILES string of the molecule is CCOC(=O)c1nc(-c2ccc(Cl)c(Br)c2)n(C)n1. The van der Waals surface area contributed by atoms with Crippen molar-refractivity contribution in [1.29, 1.82) is 0 Å². The van der Waals surface area contributed by atoms with Crippen LogP contribution in [0.3, 0.4) is 0 Å². The molecule has 0 bridgehead atoms. The first-order chi connectivity index (χ1) is 9.02. The van der Waals surface area contributed by atoms with E-state index >= 15 is 0 Å². The number of hydrogen-bond acceptors (Lipinski definition) is 4. The maximum atomic E-state index is 11.6. The Bertz CT molecular complexity index is 627. The van der Waals surface area contributed by atoms with Crippen molar-refractivity contribution < 1.29 is 9.53 Å². The second-order valence-electron chi connectivity index (χ2n) is 3.73. The van der Waals surface area contributed by atoms with E-state index in [2.05, 4.69) is 26.0 Å². The lowest BCUT2D eigenvalue weighted by atomic mass is 10.2. The van der Waals surface area contributed by atoms with Crippen LogP contribution in [-0.4, -0.2) is 27.3 Å². The summed E-state index contributed by atoms with van der Waals surface area (Å²) < 4.78 is 7.15. The number of carbonyl (C=O) groups is 1. The van der Waals surface area contributed by atoms with Crippen molar-refractivity contribution in [2.45, 2.75) is 6.92 Å². The lowest BCUT2D eigenvalue weighted by Crippen LogP contribution is -2.07. The van der Waals surface area contributed by atoms with E-state index in [0.717, 1.165) is 10.0 Å². The Morgan fingerprint density at radius 1 is 1.53 bits per heavy atom. The Labute approximate surface area is 123 Å². The molecule has 0 atom stereocenters. The van der Waals surface area contributed by atoms with Crippen molar-refractivity contribution in [2.24, 2.45) is 7.05 Å². The summed E-state index contributed by atoms with van der Waals surface area (Å²) >= 11 is 9.29. The number of nitrogens with zero attached hydrogens (tertiary/aromatic N) is 3. The zero-order chi connectivity index (χ0) is 14.0. The fourth-order valence-corrected chi connectivity index (χ4v) is 2.05. The van der Waals surface area contributed by atoms with E-state index in [0.29, 0.717) is 17.5 Å². The van der Waals surface area contributed by atoms with Gasteiger partial charge in [0.2, 0.25) is 0 Å². The van der Waals surface area contributed by atoms with Gasteiger partial charge in [-0.05, 0) is 41.1 Å². The standard InChI is InChI=1S/C12H11BrClN3O2/c1-3-19-12(18)10-15-11(17(2)16-10)7-4-5-9(14)8(13)6-7/h4-6H,3H2,1-2H3. The summed E-state index contributed by atoms with van der Waals surface area (Å²) in [6.45, 7) is 2.02. The number of carbonyl (C=O) groups excluding carboxylic acids is 1. The molecule has 100 valence electrons. The van der Waals surface area contributed by atoms with Crippen LogP contribution in [0.1, 0.15) is 17.5 Å². The van der Waals surface area contributed by atoms with Crippen molar-refractivity contribution in [2.75, 3.05) is 6.61 Å². The maximum absolute atomic E-state index is 11.6. The Balaban J connectivity index is 2.40. The molecule has 0 amide bonds. The predicted molar refractivity (Wildman–Crippen MR) is 75.1 cm³/mol. The monoisotopic (exact) mass is 343 g/mol. The van der Waals surface area contributed by atoms with Gasteiger partial charge in [-0.3, -0.25) is 0 Å². The third-order valence-corrected chi connectivity index (χ3v) is 3.61. The van der Waals surface area contributed by atoms with Crippen LogP contribution in [0.2, 0.25) is 5.02 Å². The van der Waals surface area contributed by atoms with E-state index in [4.69, 9.17) is 16.3 Å². The summed E-state index contributed by atoms with van der Waals surface area (Å²) in [5, 5.41) is 4.65. The number of halogens is 2. The Kier molecular flexibility index (Phi) is 4.21. The highest BCUT2D eigenvalue weighted by atomic mass is 79.9. The van der Waals surface area contributed by atoms with E-state index in [-0.39, 0.29) is 5.82 Å². The number of rotatable bonds is 3. The van der Waals surface area contributed by atoms with Gasteiger partial charge in [-0.25, -0.2) is 14.5 Å². The Morgan fingerprint density at radius 2 is 2.26 bits per heavy atom. The first kappa shape index (κ1) is 14.0. The Morgan fingerprint density at radius 3 is 2.89 bits per heavy atom. The number of aromatic nitrogens is 3. The van der Waals surface area contributed by atoms with Gasteiger partial charge in [-0.2, -0.15) is 0 Å². The van der Waals surface area contributed by atoms with Crippen LogP contribution in [0.25, 0.3) is 11.4 Å². The molecule has 1 heterocycles. The minimum Gasteiger partial charge on any atom is -0.460 e. The molecule has 1 aromatic carbocycles. The third kappa shape index (κ3) is 2.96. The summed E-state index contributed by atoms with van der Waals surface area (Å²) in [6.07, 6.45) is 0. The van der Waals surface area contributed by atoms with Crippen molar-refractivity contribution in [3.05, 3.63) is 33.5 Å². The van der Waals surface area contributed by atoms with E-state index in [9.17, 15) is 4.79 Å². The summed E-state index contributed by atoms with van der Waals surface area (Å²) in [6, 6.07) is 5.38. The molecule has 0 N–H and O–H groups in total. The largest absolute Gasteiger partial charge is 0.460 e. The number of aryl methyl sites for hydroxylation is 1. The van der Waals surface area contributed by atoms with Gasteiger partial charge >= 0.3 is 5.97 Å². The van der Waals surface area contributed by atoms with Crippen molar-refractivity contribution in [3.63, 3.8) is 0 Å². The van der Waals surface area contributed by atoms with Gasteiger partial charge in [-0.1, -0.05) is 11.6 Å².